The second kappa shape index (κ2) is 8.50. The molecule has 1 nitrogen and oxygen atoms in total. The van der Waals surface area contributed by atoms with Gasteiger partial charge in [0.05, 0.1) is 0 Å². The molecule has 0 aliphatic carbocycles. The summed E-state index contributed by atoms with van der Waals surface area (Å²) in [4.78, 5) is 13.8. The highest BCUT2D eigenvalue weighted by Gasteiger charge is 2.17. The minimum Gasteiger partial charge on any atom is -0.289 e. The molecule has 0 aliphatic rings. The molecule has 0 heterocycles. The third-order valence-electron chi connectivity index (χ3n) is 6.40. The minimum atomic E-state index is 0.0576. The van der Waals surface area contributed by atoms with Gasteiger partial charge in [-0.3, -0.25) is 4.79 Å². The number of halogens is 2. The standard InChI is InChI=1S/C31H18Br2O/c32-26-17-5-3-13-22(26)30(23-14-4-6-18-27(23)33)29-20-11-1-2-12-21(20)31(34)25-16-8-10-19-9-7-15-24(29)28(19)25/h1-18H. The van der Waals surface area contributed by atoms with Crippen LogP contribution in [0.15, 0.2) is 123 Å². The fourth-order valence-electron chi connectivity index (χ4n) is 4.94. The fraction of sp³-hybridized carbons (Fsp3) is 0. The second-order valence-corrected chi connectivity index (χ2v) is 10.0. The molecular formula is C31H18Br2O. The summed E-state index contributed by atoms with van der Waals surface area (Å²) < 4.78 is 2.00. The van der Waals surface area contributed by atoms with Crippen molar-refractivity contribution in [1.29, 1.82) is 0 Å². The quantitative estimate of drug-likeness (QED) is 0.208. The van der Waals surface area contributed by atoms with Crippen molar-refractivity contribution in [3.05, 3.63) is 145 Å². The highest BCUT2D eigenvalue weighted by molar-refractivity contribution is 9.10. The normalized spacial score (nSPS) is 11.4. The predicted octanol–water partition coefficient (Wildman–Crippen LogP) is 8.00. The first-order valence-electron chi connectivity index (χ1n) is 11.1. The SMILES string of the molecule is O=c1c2ccccc2c(=C(c2ccccc2Br)c2ccccc2Br)c2cccc3cccc1c32. The van der Waals surface area contributed by atoms with Crippen molar-refractivity contribution in [3.8, 4) is 0 Å². The summed E-state index contributed by atoms with van der Waals surface area (Å²) in [6.07, 6.45) is 0. The molecule has 0 N–H and O–H groups in total. The van der Waals surface area contributed by atoms with Crippen molar-refractivity contribution >= 4 is 69.8 Å². The maximum atomic E-state index is 13.8. The van der Waals surface area contributed by atoms with Crippen molar-refractivity contribution < 1.29 is 0 Å². The maximum absolute atomic E-state index is 13.8. The Labute approximate surface area is 213 Å². The van der Waals surface area contributed by atoms with Crippen molar-refractivity contribution in [2.75, 3.05) is 0 Å². The Morgan fingerprint density at radius 2 is 1.00 bits per heavy atom. The zero-order chi connectivity index (χ0) is 23.2. The van der Waals surface area contributed by atoms with E-state index in [0.29, 0.717) is 0 Å². The van der Waals surface area contributed by atoms with E-state index in [0.717, 1.165) is 63.2 Å². The molecule has 0 aromatic heterocycles. The summed E-state index contributed by atoms with van der Waals surface area (Å²) in [5.74, 6) is 0. The highest BCUT2D eigenvalue weighted by Crippen LogP contribution is 2.34. The molecule has 0 amide bonds. The Hall–Kier alpha value is -3.27. The molecule has 3 heteroatoms. The third-order valence-corrected chi connectivity index (χ3v) is 7.78. The highest BCUT2D eigenvalue weighted by atomic mass is 79.9. The van der Waals surface area contributed by atoms with Gasteiger partial charge in [-0.25, -0.2) is 0 Å². The van der Waals surface area contributed by atoms with E-state index in [-0.39, 0.29) is 5.43 Å². The van der Waals surface area contributed by atoms with E-state index in [4.69, 9.17) is 0 Å². The summed E-state index contributed by atoms with van der Waals surface area (Å²) in [5.41, 5.74) is 3.28. The molecule has 162 valence electrons. The molecule has 0 aliphatic heterocycles. The molecule has 6 aromatic carbocycles. The molecule has 6 aromatic rings. The molecule has 0 atom stereocenters. The Kier molecular flexibility index (Phi) is 5.32. The third kappa shape index (κ3) is 3.31. The molecule has 0 fully saturated rings. The Morgan fingerprint density at radius 3 is 1.62 bits per heavy atom. The lowest BCUT2D eigenvalue weighted by atomic mass is 9.92. The number of hydrogen-bond donors (Lipinski definition) is 0. The smallest absolute Gasteiger partial charge is 0.194 e. The summed E-state index contributed by atoms with van der Waals surface area (Å²) in [6, 6.07) is 36.8. The van der Waals surface area contributed by atoms with Gasteiger partial charge in [0, 0.05) is 25.1 Å². The van der Waals surface area contributed by atoms with Gasteiger partial charge in [-0.15, -0.1) is 0 Å². The van der Waals surface area contributed by atoms with E-state index in [1.165, 1.54) is 0 Å². The van der Waals surface area contributed by atoms with E-state index in [1.807, 2.05) is 42.5 Å². The lowest BCUT2D eigenvalue weighted by molar-refractivity contribution is 1.48. The molecule has 6 rings (SSSR count). The Balaban J connectivity index is 2.08. The molecule has 0 unspecified atom stereocenters. The van der Waals surface area contributed by atoms with Gasteiger partial charge in [0.2, 0.25) is 0 Å². The minimum absolute atomic E-state index is 0.0576. The lowest BCUT2D eigenvalue weighted by Gasteiger charge is -2.14. The topological polar surface area (TPSA) is 17.1 Å². The second-order valence-electron chi connectivity index (χ2n) is 8.29. The van der Waals surface area contributed by atoms with Gasteiger partial charge in [0.1, 0.15) is 0 Å². The monoisotopic (exact) mass is 564 g/mol. The van der Waals surface area contributed by atoms with Crippen LogP contribution >= 0.6 is 31.9 Å². The fourth-order valence-corrected chi connectivity index (χ4v) is 5.91. The van der Waals surface area contributed by atoms with Crippen LogP contribution in [0.25, 0.3) is 37.9 Å². The van der Waals surface area contributed by atoms with Crippen LogP contribution in [0.4, 0.5) is 0 Å². The van der Waals surface area contributed by atoms with Crippen LogP contribution in [0.2, 0.25) is 0 Å². The van der Waals surface area contributed by atoms with Gasteiger partial charge in [-0.2, -0.15) is 0 Å². The lowest BCUT2D eigenvalue weighted by Crippen LogP contribution is -2.11. The van der Waals surface area contributed by atoms with E-state index in [9.17, 15) is 4.79 Å². The molecule has 0 saturated heterocycles. The molecule has 0 bridgehead atoms. The van der Waals surface area contributed by atoms with E-state index in [2.05, 4.69) is 98.6 Å². The molecule has 0 saturated carbocycles. The van der Waals surface area contributed by atoms with Gasteiger partial charge in [0.15, 0.2) is 5.43 Å². The van der Waals surface area contributed by atoms with Crippen LogP contribution < -0.4 is 10.6 Å². The zero-order valence-electron chi connectivity index (χ0n) is 18.1. The van der Waals surface area contributed by atoms with Crippen LogP contribution in [-0.4, -0.2) is 0 Å². The first-order valence-corrected chi connectivity index (χ1v) is 12.6. The Bertz CT molecular complexity index is 1800. The van der Waals surface area contributed by atoms with Crippen LogP contribution in [0.3, 0.4) is 0 Å². The molecule has 34 heavy (non-hydrogen) atoms. The first kappa shape index (κ1) is 21.3. The summed E-state index contributed by atoms with van der Waals surface area (Å²) in [7, 11) is 0. The Morgan fingerprint density at radius 1 is 0.500 bits per heavy atom. The van der Waals surface area contributed by atoms with Crippen molar-refractivity contribution in [2.24, 2.45) is 0 Å². The van der Waals surface area contributed by atoms with Crippen LogP contribution in [0.5, 0.6) is 0 Å². The van der Waals surface area contributed by atoms with Crippen LogP contribution in [0, 0.1) is 0 Å². The maximum Gasteiger partial charge on any atom is 0.194 e. The summed E-state index contributed by atoms with van der Waals surface area (Å²) >= 11 is 7.62. The molecule has 0 spiro atoms. The first-order chi connectivity index (χ1) is 16.6. The van der Waals surface area contributed by atoms with Crippen molar-refractivity contribution in [2.45, 2.75) is 0 Å². The number of fused-ring (bicyclic) bond motifs is 1. The summed E-state index contributed by atoms with van der Waals surface area (Å²) in [5, 5.41) is 6.58. The largest absolute Gasteiger partial charge is 0.289 e. The van der Waals surface area contributed by atoms with Crippen LogP contribution in [-0.2, 0) is 0 Å². The van der Waals surface area contributed by atoms with Crippen molar-refractivity contribution in [1.82, 2.24) is 0 Å². The van der Waals surface area contributed by atoms with Gasteiger partial charge in [-0.1, -0.05) is 129 Å². The molecular weight excluding hydrogens is 548 g/mol. The predicted molar refractivity (Wildman–Crippen MR) is 150 cm³/mol. The molecule has 0 radical (unpaired) electrons. The van der Waals surface area contributed by atoms with Crippen molar-refractivity contribution in [3.63, 3.8) is 0 Å². The van der Waals surface area contributed by atoms with Gasteiger partial charge < -0.3 is 0 Å². The van der Waals surface area contributed by atoms with E-state index >= 15 is 0 Å². The van der Waals surface area contributed by atoms with Gasteiger partial charge in [-0.05, 0) is 50.2 Å². The van der Waals surface area contributed by atoms with E-state index < -0.39 is 0 Å². The average molecular weight is 566 g/mol. The number of rotatable bonds is 2. The average Bonchev–Trinajstić information content (AvgIpc) is 2.97. The van der Waals surface area contributed by atoms with Gasteiger partial charge in [0.25, 0.3) is 0 Å². The number of benzene rings is 5. The van der Waals surface area contributed by atoms with Crippen LogP contribution in [0.1, 0.15) is 11.1 Å². The van der Waals surface area contributed by atoms with E-state index in [1.54, 1.807) is 0 Å². The summed E-state index contributed by atoms with van der Waals surface area (Å²) in [6.45, 7) is 0. The number of hydrogen-bond acceptors (Lipinski definition) is 1. The zero-order valence-corrected chi connectivity index (χ0v) is 21.2. The van der Waals surface area contributed by atoms with Gasteiger partial charge >= 0.3 is 0 Å².